The van der Waals surface area contributed by atoms with Crippen LogP contribution in [0.3, 0.4) is 0 Å². The third kappa shape index (κ3) is 6.75. The molecule has 0 aromatic heterocycles. The molecule has 8 heteroatoms. The smallest absolute Gasteiger partial charge is 0.324 e. The van der Waals surface area contributed by atoms with E-state index in [0.29, 0.717) is 51.5 Å². The highest BCUT2D eigenvalue weighted by Crippen LogP contribution is 2.40. The predicted molar refractivity (Wildman–Crippen MR) is 137 cm³/mol. The molecule has 1 heterocycles. The molecule has 0 N–H and O–H groups in total. The van der Waals surface area contributed by atoms with Gasteiger partial charge in [-0.15, -0.1) is 0 Å². The third-order valence-electron chi connectivity index (χ3n) is 6.77. The fourth-order valence-electron chi connectivity index (χ4n) is 4.57. The lowest BCUT2D eigenvalue weighted by molar-refractivity contribution is -0.145. The van der Waals surface area contributed by atoms with Crippen molar-refractivity contribution in [2.45, 2.75) is 52.1 Å². The van der Waals surface area contributed by atoms with E-state index in [2.05, 4.69) is 0 Å². The van der Waals surface area contributed by atoms with Gasteiger partial charge in [-0.3, -0.25) is 9.69 Å². The SMILES string of the molecule is CCOC(=O)CC1(c2cc(F)cc(OCc3ccc(N(C)C(=O)N(CC)CC)cc3)c2)CCOCC1. The number of halogens is 1. The van der Waals surface area contributed by atoms with Gasteiger partial charge in [-0.1, -0.05) is 12.1 Å². The lowest BCUT2D eigenvalue weighted by Gasteiger charge is -2.37. The van der Waals surface area contributed by atoms with E-state index in [1.807, 2.05) is 44.2 Å². The van der Waals surface area contributed by atoms with Gasteiger partial charge in [0.25, 0.3) is 0 Å². The molecule has 1 aliphatic heterocycles. The average molecular weight is 501 g/mol. The maximum Gasteiger partial charge on any atom is 0.324 e. The normalized spacial score (nSPS) is 14.7. The number of rotatable bonds is 10. The minimum atomic E-state index is -0.547. The molecule has 2 amide bonds. The number of carbonyl (C=O) groups excluding carboxylic acids is 2. The van der Waals surface area contributed by atoms with Gasteiger partial charge in [0.15, 0.2) is 0 Å². The van der Waals surface area contributed by atoms with Crippen molar-refractivity contribution in [3.05, 3.63) is 59.4 Å². The first-order chi connectivity index (χ1) is 17.3. The van der Waals surface area contributed by atoms with Crippen molar-refractivity contribution >= 4 is 17.7 Å². The molecule has 1 fully saturated rings. The Labute approximate surface area is 213 Å². The largest absolute Gasteiger partial charge is 0.489 e. The molecule has 196 valence electrons. The quantitative estimate of drug-likeness (QED) is 0.414. The topological polar surface area (TPSA) is 68.3 Å². The fraction of sp³-hybridized carbons (Fsp3) is 0.500. The summed E-state index contributed by atoms with van der Waals surface area (Å²) in [6.45, 7) is 8.53. The molecule has 0 radical (unpaired) electrons. The second-order valence-corrected chi connectivity index (χ2v) is 9.02. The number of esters is 1. The Bertz CT molecular complexity index is 1020. The van der Waals surface area contributed by atoms with Crippen LogP contribution in [0, 0.1) is 5.82 Å². The summed E-state index contributed by atoms with van der Waals surface area (Å²) >= 11 is 0. The first-order valence-corrected chi connectivity index (χ1v) is 12.6. The number of hydrogen-bond donors (Lipinski definition) is 0. The highest BCUT2D eigenvalue weighted by molar-refractivity contribution is 5.91. The summed E-state index contributed by atoms with van der Waals surface area (Å²) in [4.78, 5) is 28.3. The summed E-state index contributed by atoms with van der Waals surface area (Å²) in [5.41, 5.74) is 1.85. The van der Waals surface area contributed by atoms with Crippen molar-refractivity contribution in [3.8, 4) is 5.75 Å². The Hall–Kier alpha value is -3.13. The van der Waals surface area contributed by atoms with Gasteiger partial charge in [0, 0.05) is 50.5 Å². The van der Waals surface area contributed by atoms with Crippen molar-refractivity contribution in [3.63, 3.8) is 0 Å². The van der Waals surface area contributed by atoms with Crippen molar-refractivity contribution < 1.29 is 28.2 Å². The Balaban J connectivity index is 1.72. The number of benzene rings is 2. The Morgan fingerprint density at radius 3 is 2.31 bits per heavy atom. The van der Waals surface area contributed by atoms with Crippen LogP contribution in [0.2, 0.25) is 0 Å². The van der Waals surface area contributed by atoms with Gasteiger partial charge in [-0.2, -0.15) is 0 Å². The molecule has 0 spiro atoms. The zero-order chi connectivity index (χ0) is 26.1. The van der Waals surface area contributed by atoms with E-state index in [9.17, 15) is 14.0 Å². The van der Waals surface area contributed by atoms with Gasteiger partial charge in [-0.05, 0) is 69.0 Å². The van der Waals surface area contributed by atoms with Crippen LogP contribution in [0.25, 0.3) is 0 Å². The van der Waals surface area contributed by atoms with Crippen molar-refractivity contribution in [2.24, 2.45) is 0 Å². The molecule has 0 bridgehead atoms. The second-order valence-electron chi connectivity index (χ2n) is 9.02. The molecule has 2 aromatic carbocycles. The van der Waals surface area contributed by atoms with Crippen LogP contribution in [0.1, 0.15) is 51.2 Å². The summed E-state index contributed by atoms with van der Waals surface area (Å²) in [5.74, 6) is -0.308. The highest BCUT2D eigenvalue weighted by atomic mass is 19.1. The van der Waals surface area contributed by atoms with Crippen LogP contribution in [-0.2, 0) is 26.3 Å². The number of amides is 2. The van der Waals surface area contributed by atoms with Gasteiger partial charge < -0.3 is 19.1 Å². The molecule has 0 atom stereocenters. The second kappa shape index (κ2) is 12.7. The van der Waals surface area contributed by atoms with Crippen LogP contribution in [0.4, 0.5) is 14.9 Å². The molecule has 0 aliphatic carbocycles. The molecule has 2 aromatic rings. The Morgan fingerprint density at radius 1 is 1.03 bits per heavy atom. The van der Waals surface area contributed by atoms with Gasteiger partial charge in [0.2, 0.25) is 0 Å². The number of ether oxygens (including phenoxy) is 3. The molecule has 7 nitrogen and oxygen atoms in total. The standard InChI is InChI=1S/C28H37FN2O5/c1-5-31(6-2)27(33)30(4)24-10-8-21(9-11-24)20-36-25-17-22(16-23(29)18-25)28(12-14-34-15-13-28)19-26(32)35-7-3/h8-11,16-18H,5-7,12-15,19-20H2,1-4H3. The lowest BCUT2D eigenvalue weighted by atomic mass is 9.71. The number of hydrogen-bond acceptors (Lipinski definition) is 5. The summed E-state index contributed by atoms with van der Waals surface area (Å²) in [6, 6.07) is 12.1. The molecular weight excluding hydrogens is 463 g/mol. The average Bonchev–Trinajstić information content (AvgIpc) is 2.88. The molecule has 0 unspecified atom stereocenters. The van der Waals surface area contributed by atoms with Crippen LogP contribution in [0.15, 0.2) is 42.5 Å². The maximum absolute atomic E-state index is 14.6. The monoisotopic (exact) mass is 500 g/mol. The zero-order valence-corrected chi connectivity index (χ0v) is 21.7. The first kappa shape index (κ1) is 27.5. The minimum absolute atomic E-state index is 0.0545. The van der Waals surface area contributed by atoms with Gasteiger partial charge in [-0.25, -0.2) is 9.18 Å². The summed E-state index contributed by atoms with van der Waals surface area (Å²) < 4.78 is 31.3. The van der Waals surface area contributed by atoms with Crippen molar-refractivity contribution in [1.29, 1.82) is 0 Å². The summed E-state index contributed by atoms with van der Waals surface area (Å²) in [6.07, 6.45) is 1.39. The summed E-state index contributed by atoms with van der Waals surface area (Å²) in [7, 11) is 1.75. The third-order valence-corrected chi connectivity index (χ3v) is 6.77. The van der Waals surface area contributed by atoms with E-state index < -0.39 is 11.2 Å². The lowest BCUT2D eigenvalue weighted by Crippen LogP contribution is -2.41. The summed E-state index contributed by atoms with van der Waals surface area (Å²) in [5, 5.41) is 0. The van der Waals surface area contributed by atoms with E-state index in [4.69, 9.17) is 14.2 Å². The fourth-order valence-corrected chi connectivity index (χ4v) is 4.57. The Kier molecular flexibility index (Phi) is 9.70. The number of urea groups is 1. The zero-order valence-electron chi connectivity index (χ0n) is 21.7. The molecule has 0 saturated carbocycles. The van der Waals surface area contributed by atoms with E-state index in [1.54, 1.807) is 23.8 Å². The maximum atomic E-state index is 14.6. The minimum Gasteiger partial charge on any atom is -0.489 e. The number of nitrogens with zero attached hydrogens (tertiary/aromatic N) is 2. The van der Waals surface area contributed by atoms with Crippen LogP contribution < -0.4 is 9.64 Å². The molecule has 1 saturated heterocycles. The van der Waals surface area contributed by atoms with Gasteiger partial charge in [0.05, 0.1) is 13.0 Å². The van der Waals surface area contributed by atoms with Crippen molar-refractivity contribution in [1.82, 2.24) is 4.90 Å². The van der Waals surface area contributed by atoms with Crippen molar-refractivity contribution in [2.75, 3.05) is 44.9 Å². The number of anilines is 1. The Morgan fingerprint density at radius 2 is 1.69 bits per heavy atom. The predicted octanol–water partition coefficient (Wildman–Crippen LogP) is 5.30. The molecular formula is C28H37FN2O5. The van der Waals surface area contributed by atoms with Crippen LogP contribution >= 0.6 is 0 Å². The van der Waals surface area contributed by atoms with E-state index in [0.717, 1.165) is 16.8 Å². The van der Waals surface area contributed by atoms with E-state index in [1.165, 1.54) is 12.1 Å². The molecule has 36 heavy (non-hydrogen) atoms. The molecule has 1 aliphatic rings. The first-order valence-electron chi connectivity index (χ1n) is 12.6. The van der Waals surface area contributed by atoms with E-state index in [-0.39, 0.29) is 25.0 Å². The van der Waals surface area contributed by atoms with Crippen LogP contribution in [0.5, 0.6) is 5.75 Å². The highest BCUT2D eigenvalue weighted by Gasteiger charge is 2.38. The van der Waals surface area contributed by atoms with Gasteiger partial charge in [0.1, 0.15) is 18.2 Å². The van der Waals surface area contributed by atoms with Crippen LogP contribution in [-0.4, -0.2) is 56.9 Å². The van der Waals surface area contributed by atoms with E-state index >= 15 is 0 Å². The number of carbonyl (C=O) groups is 2. The molecule has 3 rings (SSSR count). The van der Waals surface area contributed by atoms with Gasteiger partial charge >= 0.3 is 12.0 Å².